The topological polar surface area (TPSA) is 32.8 Å². The lowest BCUT2D eigenvalue weighted by Crippen LogP contribution is -2.28. The Morgan fingerprint density at radius 2 is 2.00 bits per heavy atom. The van der Waals surface area contributed by atoms with Gasteiger partial charge in [0.2, 0.25) is 0 Å². The maximum absolute atomic E-state index is 9.92. The second kappa shape index (κ2) is 5.13. The Morgan fingerprint density at radius 3 is 2.50 bits per heavy atom. The predicted octanol–water partition coefficient (Wildman–Crippen LogP) is 2.89. The Kier molecular flexibility index (Phi) is 4.39. The zero-order chi connectivity index (χ0) is 10.6. The van der Waals surface area contributed by atoms with Gasteiger partial charge in [-0.3, -0.25) is 0 Å². The van der Waals surface area contributed by atoms with Crippen LogP contribution in [-0.4, -0.2) is 22.9 Å². The number of aliphatic hydroxyl groups is 1. The van der Waals surface area contributed by atoms with Crippen molar-refractivity contribution in [2.45, 2.75) is 77.1 Å². The van der Waals surface area contributed by atoms with Crippen LogP contribution < -0.4 is 0 Å². The summed E-state index contributed by atoms with van der Waals surface area (Å²) in [5.74, 6) is 0. The summed E-state index contributed by atoms with van der Waals surface area (Å²) in [6.45, 7) is 6.35. The molecule has 1 heterocycles. The summed E-state index contributed by atoms with van der Waals surface area (Å²) in [4.78, 5) is 0. The summed E-state index contributed by atoms with van der Waals surface area (Å²) in [6, 6.07) is 0. The number of epoxide rings is 1. The molecule has 0 amide bonds. The van der Waals surface area contributed by atoms with Gasteiger partial charge in [-0.1, -0.05) is 39.5 Å². The molecule has 3 atom stereocenters. The first-order chi connectivity index (χ1) is 6.65. The normalized spacial score (nSPS) is 33.0. The number of ether oxygens (including phenoxy) is 1. The molecule has 1 unspecified atom stereocenters. The van der Waals surface area contributed by atoms with E-state index < -0.39 is 0 Å². The molecular formula is C12H24O2. The molecule has 1 N–H and O–H groups in total. The van der Waals surface area contributed by atoms with Crippen molar-refractivity contribution in [2.75, 3.05) is 0 Å². The smallest absolute Gasteiger partial charge is 0.118 e. The quantitative estimate of drug-likeness (QED) is 0.506. The van der Waals surface area contributed by atoms with E-state index in [2.05, 4.69) is 13.8 Å². The molecule has 0 aromatic rings. The molecule has 1 aliphatic rings. The molecule has 2 nitrogen and oxygen atoms in total. The van der Waals surface area contributed by atoms with Crippen molar-refractivity contribution in [1.29, 1.82) is 0 Å². The predicted molar refractivity (Wildman–Crippen MR) is 58.3 cm³/mol. The molecule has 0 aliphatic carbocycles. The van der Waals surface area contributed by atoms with Gasteiger partial charge < -0.3 is 9.84 Å². The van der Waals surface area contributed by atoms with E-state index in [0.29, 0.717) is 6.10 Å². The highest BCUT2D eigenvalue weighted by Gasteiger charge is 2.55. The molecule has 0 radical (unpaired) electrons. The fraction of sp³-hybridized carbons (Fsp3) is 1.00. The van der Waals surface area contributed by atoms with Gasteiger partial charge >= 0.3 is 0 Å². The first kappa shape index (κ1) is 12.0. The molecule has 0 aromatic heterocycles. The van der Waals surface area contributed by atoms with Gasteiger partial charge in [-0.25, -0.2) is 0 Å². The molecule has 14 heavy (non-hydrogen) atoms. The van der Waals surface area contributed by atoms with E-state index in [1.807, 2.05) is 6.92 Å². The van der Waals surface area contributed by atoms with Gasteiger partial charge in [0, 0.05) is 0 Å². The van der Waals surface area contributed by atoms with Crippen molar-refractivity contribution in [3.63, 3.8) is 0 Å². The van der Waals surface area contributed by atoms with Crippen molar-refractivity contribution in [1.82, 2.24) is 0 Å². The molecule has 84 valence electrons. The minimum absolute atomic E-state index is 0.221. The monoisotopic (exact) mass is 200 g/mol. The highest BCUT2D eigenvalue weighted by molar-refractivity contribution is 5.03. The number of rotatable bonds is 7. The van der Waals surface area contributed by atoms with E-state index in [4.69, 9.17) is 4.74 Å². The van der Waals surface area contributed by atoms with E-state index in [0.717, 1.165) is 19.3 Å². The lowest BCUT2D eigenvalue weighted by atomic mass is 9.94. The van der Waals surface area contributed by atoms with Crippen LogP contribution in [0.3, 0.4) is 0 Å². The summed E-state index contributed by atoms with van der Waals surface area (Å²) in [5, 5.41) is 9.92. The maximum Gasteiger partial charge on any atom is 0.118 e. The summed E-state index contributed by atoms with van der Waals surface area (Å²) in [7, 11) is 0. The molecular weight excluding hydrogens is 176 g/mol. The first-order valence-electron chi connectivity index (χ1n) is 6.01. The van der Waals surface area contributed by atoms with Crippen molar-refractivity contribution in [3.8, 4) is 0 Å². The summed E-state index contributed by atoms with van der Waals surface area (Å²) >= 11 is 0. The van der Waals surface area contributed by atoms with Gasteiger partial charge in [-0.2, -0.15) is 0 Å². The van der Waals surface area contributed by atoms with E-state index >= 15 is 0 Å². The van der Waals surface area contributed by atoms with Crippen molar-refractivity contribution in [3.05, 3.63) is 0 Å². The average molecular weight is 200 g/mol. The fourth-order valence-electron chi connectivity index (χ4n) is 2.11. The van der Waals surface area contributed by atoms with Gasteiger partial charge in [0.15, 0.2) is 0 Å². The van der Waals surface area contributed by atoms with Crippen LogP contribution in [0, 0.1) is 0 Å². The van der Waals surface area contributed by atoms with Gasteiger partial charge in [0.25, 0.3) is 0 Å². The Labute approximate surface area is 87.7 Å². The van der Waals surface area contributed by atoms with Crippen LogP contribution in [0.4, 0.5) is 0 Å². The van der Waals surface area contributed by atoms with Crippen LogP contribution in [0.15, 0.2) is 0 Å². The second-order valence-corrected chi connectivity index (χ2v) is 4.56. The molecule has 2 heteroatoms. The Morgan fingerprint density at radius 1 is 1.29 bits per heavy atom. The first-order valence-corrected chi connectivity index (χ1v) is 6.01. The molecule has 1 rings (SSSR count). The van der Waals surface area contributed by atoms with Crippen LogP contribution in [-0.2, 0) is 4.74 Å². The molecule has 0 bridgehead atoms. The van der Waals surface area contributed by atoms with Crippen LogP contribution in [0.1, 0.15) is 59.3 Å². The van der Waals surface area contributed by atoms with Gasteiger partial charge in [-0.15, -0.1) is 0 Å². The number of unbranched alkanes of at least 4 members (excludes halogenated alkanes) is 3. The van der Waals surface area contributed by atoms with Crippen LogP contribution in [0.25, 0.3) is 0 Å². The third-order valence-corrected chi connectivity index (χ3v) is 3.34. The van der Waals surface area contributed by atoms with Crippen molar-refractivity contribution in [2.24, 2.45) is 0 Å². The van der Waals surface area contributed by atoms with Gasteiger partial charge in [-0.05, 0) is 19.8 Å². The van der Waals surface area contributed by atoms with Crippen molar-refractivity contribution < 1.29 is 9.84 Å². The minimum Gasteiger partial charge on any atom is -0.390 e. The largest absolute Gasteiger partial charge is 0.390 e. The molecule has 0 saturated carbocycles. The molecule has 0 spiro atoms. The van der Waals surface area contributed by atoms with E-state index in [1.54, 1.807) is 0 Å². The van der Waals surface area contributed by atoms with Crippen LogP contribution in [0.2, 0.25) is 0 Å². The number of hydrogen-bond donors (Lipinski definition) is 1. The summed E-state index contributed by atoms with van der Waals surface area (Å²) in [6.07, 6.45) is 6.84. The van der Waals surface area contributed by atoms with E-state index in [-0.39, 0.29) is 11.7 Å². The standard InChI is InChI=1S/C12H24O2/c1-4-6-7-8-9-10(13)12(3)11(5-2)14-12/h10-11,13H,4-9H2,1-3H3/t10?,11-,12+/m0/s1. The summed E-state index contributed by atoms with van der Waals surface area (Å²) in [5.41, 5.74) is -0.221. The third kappa shape index (κ3) is 2.71. The van der Waals surface area contributed by atoms with Crippen LogP contribution >= 0.6 is 0 Å². The van der Waals surface area contributed by atoms with Gasteiger partial charge in [0.1, 0.15) is 5.60 Å². The SMILES string of the molecule is CCCCCCC(O)[C@@]1(C)O[C@H]1CC. The Hall–Kier alpha value is -0.0800. The second-order valence-electron chi connectivity index (χ2n) is 4.56. The van der Waals surface area contributed by atoms with Crippen molar-refractivity contribution >= 4 is 0 Å². The Bertz CT molecular complexity index is 170. The molecule has 0 aromatic carbocycles. The fourth-order valence-corrected chi connectivity index (χ4v) is 2.11. The van der Waals surface area contributed by atoms with Gasteiger partial charge in [0.05, 0.1) is 12.2 Å². The molecule has 1 saturated heterocycles. The number of aliphatic hydroxyl groups excluding tert-OH is 1. The summed E-state index contributed by atoms with van der Waals surface area (Å²) < 4.78 is 5.52. The minimum atomic E-state index is -0.260. The lowest BCUT2D eigenvalue weighted by molar-refractivity contribution is 0.0751. The number of hydrogen-bond acceptors (Lipinski definition) is 2. The zero-order valence-electron chi connectivity index (χ0n) is 9.75. The van der Waals surface area contributed by atoms with E-state index in [1.165, 1.54) is 19.3 Å². The Balaban J connectivity index is 2.13. The highest BCUT2D eigenvalue weighted by Crippen LogP contribution is 2.42. The zero-order valence-corrected chi connectivity index (χ0v) is 9.75. The van der Waals surface area contributed by atoms with E-state index in [9.17, 15) is 5.11 Å². The van der Waals surface area contributed by atoms with Crippen LogP contribution in [0.5, 0.6) is 0 Å². The third-order valence-electron chi connectivity index (χ3n) is 3.34. The molecule has 1 fully saturated rings. The highest BCUT2D eigenvalue weighted by atomic mass is 16.6. The average Bonchev–Trinajstić information content (AvgIpc) is 2.86. The molecule has 1 aliphatic heterocycles. The maximum atomic E-state index is 9.92. The lowest BCUT2D eigenvalue weighted by Gasteiger charge is -2.15.